The predicted molar refractivity (Wildman–Crippen MR) is 563 cm³/mol. The van der Waals surface area contributed by atoms with Crippen molar-refractivity contribution in [2.75, 3.05) is 0 Å². The lowest BCUT2D eigenvalue weighted by molar-refractivity contribution is 1.18. The van der Waals surface area contributed by atoms with Crippen molar-refractivity contribution in [1.29, 1.82) is 0 Å². The lowest BCUT2D eigenvalue weighted by atomic mass is 9.91. The van der Waals surface area contributed by atoms with Gasteiger partial charge in [-0.05, 0) is 162 Å². The highest BCUT2D eigenvalue weighted by Gasteiger charge is 2.28. The van der Waals surface area contributed by atoms with Crippen molar-refractivity contribution >= 4 is 64.7 Å². The van der Waals surface area contributed by atoms with Crippen LogP contribution in [-0.4, -0.2) is 29.9 Å². The molecule has 0 radical (unpaired) electrons. The third-order valence-electron chi connectivity index (χ3n) is 25.0. The first-order valence-electron chi connectivity index (χ1n) is 45.2. The van der Waals surface area contributed by atoms with Crippen molar-refractivity contribution in [2.24, 2.45) is 0 Å². The number of hydrogen-bond acceptors (Lipinski definition) is 8. The van der Waals surface area contributed by atoms with Crippen molar-refractivity contribution in [3.05, 3.63) is 497 Å². The number of para-hydroxylation sites is 2. The minimum atomic E-state index is 0.699. The molecule has 134 heavy (non-hydrogen) atoms. The van der Waals surface area contributed by atoms with Crippen LogP contribution >= 0.6 is 22.7 Å². The van der Waals surface area contributed by atoms with Gasteiger partial charge in [0.25, 0.3) is 0 Å². The SMILES string of the molecule is c1ccc(-c2cc(-c3ccccc3)cc(-c3sc4c(-c5ccccc5)nc5ccccc5c4c3-c3ccc(-c4ccc(-c5cc(-c6ccccc6)nc(-c6ccccc6)n5)cc4)cc3)c2)cc1.c1ccc(-c2cc(-c3ccccc3)cc(-c3sc4c(-c5ccccc5)nc5ccccc5c4c3-c3cccc(-c4cccc(-c5cc(-c6ccccc6)nc(-c6ccccc6)n5)c4)c3)c2)cc1. The highest BCUT2D eigenvalue weighted by atomic mass is 32.1. The molecule has 0 bridgehead atoms. The van der Waals surface area contributed by atoms with E-state index in [1.807, 2.05) is 83.3 Å². The van der Waals surface area contributed by atoms with Crippen LogP contribution in [0.3, 0.4) is 0 Å². The largest absolute Gasteiger partial charge is 0.246 e. The molecule has 0 aliphatic rings. The molecule has 0 atom stereocenters. The van der Waals surface area contributed by atoms with Gasteiger partial charge in [0.05, 0.1) is 54.6 Å². The molecule has 0 aliphatic heterocycles. The standard InChI is InChI=1S/2C63H41N3S/c1-6-20-42(21-7-1)51-38-52(43-22-8-2-9-23-43)40-53(39-51)61-58(59-54-34-16-17-35-55(54)64-60(62(59)67-61)45-26-12-4-13-27-45)50-33-19-31-48(37-50)47-30-18-32-49(36-47)57-41-56(44-24-10-3-11-25-44)65-63(66-57)46-28-14-5-15-29-46;1-6-18-42(19-7-1)51-38-52(43-20-8-2-9-21-43)40-53(39-51)61-58(59-54-28-16-17-29-55(54)64-60(62(59)67-61)49-24-12-4-13-25-49)48-36-32-45(33-37-48)44-30-34-47(35-31-44)57-41-56(46-22-10-3-11-23-46)65-63(66-57)50-26-14-5-15-27-50/h2*1-41H. The van der Waals surface area contributed by atoms with Gasteiger partial charge >= 0.3 is 0 Å². The Hall–Kier alpha value is -17.1. The second kappa shape index (κ2) is 36.4. The highest BCUT2D eigenvalue weighted by molar-refractivity contribution is 7.24. The number of thiophene rings is 2. The first-order chi connectivity index (χ1) is 66.4. The Morgan fingerprint density at radius 2 is 0.373 bits per heavy atom. The molecule has 24 rings (SSSR count). The Bertz CT molecular complexity index is 8170. The summed E-state index contributed by atoms with van der Waals surface area (Å²) in [6.07, 6.45) is 0. The Balaban J connectivity index is 0.000000151. The average molecular weight is 1740 g/mol. The smallest absolute Gasteiger partial charge is 0.160 e. The number of benzene rings is 18. The summed E-state index contributed by atoms with van der Waals surface area (Å²) < 4.78 is 2.34. The summed E-state index contributed by atoms with van der Waals surface area (Å²) in [7, 11) is 0. The predicted octanol–water partition coefficient (Wildman–Crippen LogP) is 34.5. The second-order valence-electron chi connectivity index (χ2n) is 33.5. The van der Waals surface area contributed by atoms with Crippen LogP contribution in [0.5, 0.6) is 0 Å². The summed E-state index contributed by atoms with van der Waals surface area (Å²) in [4.78, 5) is 33.5. The fraction of sp³-hybridized carbons (Fsp3) is 0. The Morgan fingerprint density at radius 3 is 0.731 bits per heavy atom. The maximum Gasteiger partial charge on any atom is 0.160 e. The van der Waals surface area contributed by atoms with Crippen LogP contribution in [0.15, 0.2) is 497 Å². The van der Waals surface area contributed by atoms with Crippen molar-refractivity contribution < 1.29 is 0 Å². The van der Waals surface area contributed by atoms with Gasteiger partial charge in [-0.3, -0.25) is 0 Å². The van der Waals surface area contributed by atoms with E-state index < -0.39 is 0 Å². The molecule has 0 unspecified atom stereocenters. The van der Waals surface area contributed by atoms with Gasteiger partial charge < -0.3 is 0 Å². The van der Waals surface area contributed by atoms with Gasteiger partial charge in [0.2, 0.25) is 0 Å². The average Bonchev–Trinajstić information content (AvgIpc) is 1.57. The van der Waals surface area contributed by atoms with Gasteiger partial charge in [-0.1, -0.05) is 425 Å². The molecule has 0 saturated heterocycles. The molecule has 18 aromatic carbocycles. The number of hydrogen-bond donors (Lipinski definition) is 0. The Labute approximate surface area is 786 Å². The van der Waals surface area contributed by atoms with Crippen LogP contribution in [0.4, 0.5) is 0 Å². The fourth-order valence-corrected chi connectivity index (χ4v) is 21.0. The molecule has 0 spiro atoms. The monoisotopic (exact) mass is 1740 g/mol. The summed E-state index contributed by atoms with van der Waals surface area (Å²) in [6.45, 7) is 0. The maximum absolute atomic E-state index is 5.40. The molecule has 6 aromatic heterocycles. The summed E-state index contributed by atoms with van der Waals surface area (Å²) >= 11 is 3.68. The third-order valence-corrected chi connectivity index (χ3v) is 27.4. The van der Waals surface area contributed by atoms with Crippen LogP contribution in [0, 0.1) is 0 Å². The van der Waals surface area contributed by atoms with E-state index in [1.54, 1.807) is 0 Å². The zero-order chi connectivity index (χ0) is 89.0. The summed E-state index contributed by atoms with van der Waals surface area (Å²) in [6, 6.07) is 177. The zero-order valence-electron chi connectivity index (χ0n) is 72.8. The molecule has 24 aromatic rings. The minimum absolute atomic E-state index is 0.699. The normalized spacial score (nSPS) is 11.3. The lowest BCUT2D eigenvalue weighted by Gasteiger charge is -2.14. The van der Waals surface area contributed by atoms with Gasteiger partial charge in [-0.15, -0.1) is 22.7 Å². The van der Waals surface area contributed by atoms with Gasteiger partial charge in [0.15, 0.2) is 11.6 Å². The molecule has 6 heterocycles. The number of aromatic nitrogens is 6. The summed E-state index contributed by atoms with van der Waals surface area (Å²) in [5, 5.41) is 4.72. The highest BCUT2D eigenvalue weighted by Crippen LogP contribution is 2.54. The topological polar surface area (TPSA) is 77.3 Å². The van der Waals surface area contributed by atoms with E-state index in [4.69, 9.17) is 29.9 Å². The molecule has 0 aliphatic carbocycles. The first kappa shape index (κ1) is 81.4. The number of rotatable bonds is 18. The second-order valence-corrected chi connectivity index (χ2v) is 35.5. The van der Waals surface area contributed by atoms with E-state index in [0.717, 1.165) is 134 Å². The fourth-order valence-electron chi connectivity index (χ4n) is 18.4. The van der Waals surface area contributed by atoms with Gasteiger partial charge in [0, 0.05) is 86.9 Å². The van der Waals surface area contributed by atoms with Crippen LogP contribution in [0.2, 0.25) is 0 Å². The van der Waals surface area contributed by atoms with Crippen LogP contribution in [0.1, 0.15) is 0 Å². The number of pyridine rings is 2. The molecule has 628 valence electrons. The Kier molecular flexibility index (Phi) is 22.1. The van der Waals surface area contributed by atoms with E-state index in [-0.39, 0.29) is 0 Å². The van der Waals surface area contributed by atoms with Crippen molar-refractivity contribution in [3.63, 3.8) is 0 Å². The van der Waals surface area contributed by atoms with E-state index in [9.17, 15) is 0 Å². The minimum Gasteiger partial charge on any atom is -0.246 e. The molecule has 8 heteroatoms. The van der Waals surface area contributed by atoms with Crippen molar-refractivity contribution in [1.82, 2.24) is 29.9 Å². The van der Waals surface area contributed by atoms with Crippen molar-refractivity contribution in [3.8, 4) is 200 Å². The van der Waals surface area contributed by atoms with E-state index in [1.165, 1.54) is 96.7 Å². The molecule has 0 N–H and O–H groups in total. The maximum atomic E-state index is 5.40. The quantitative estimate of drug-likeness (QED) is 0.0852. The zero-order valence-corrected chi connectivity index (χ0v) is 74.5. The lowest BCUT2D eigenvalue weighted by Crippen LogP contribution is -1.96. The molecule has 6 nitrogen and oxygen atoms in total. The number of fused-ring (bicyclic) bond motifs is 6. The summed E-state index contributed by atoms with van der Waals surface area (Å²) in [5.41, 5.74) is 36.8. The number of nitrogens with zero attached hydrogens (tertiary/aromatic N) is 6. The van der Waals surface area contributed by atoms with Gasteiger partial charge in [0.1, 0.15) is 0 Å². The first-order valence-corrected chi connectivity index (χ1v) is 46.8. The van der Waals surface area contributed by atoms with Gasteiger partial charge in [-0.2, -0.15) is 0 Å². The van der Waals surface area contributed by atoms with Crippen molar-refractivity contribution in [2.45, 2.75) is 0 Å². The van der Waals surface area contributed by atoms with Gasteiger partial charge in [-0.25, -0.2) is 29.9 Å². The molecule has 0 saturated carbocycles. The van der Waals surface area contributed by atoms with Crippen LogP contribution in [-0.2, 0) is 0 Å². The van der Waals surface area contributed by atoms with Crippen LogP contribution in [0.25, 0.3) is 242 Å². The third kappa shape index (κ3) is 16.5. The molecular weight excluding hydrogens is 1660 g/mol. The summed E-state index contributed by atoms with van der Waals surface area (Å²) in [5.74, 6) is 1.41. The van der Waals surface area contributed by atoms with E-state index in [2.05, 4.69) is 437 Å². The van der Waals surface area contributed by atoms with Crippen LogP contribution < -0.4 is 0 Å². The van der Waals surface area contributed by atoms with E-state index in [0.29, 0.717) is 11.6 Å². The van der Waals surface area contributed by atoms with E-state index >= 15 is 0 Å². The molecule has 0 amide bonds. The molecule has 0 fully saturated rings. The molecular formula is C126H82N6S2. The Morgan fingerprint density at radius 1 is 0.142 bits per heavy atom.